The number of aryl methyl sites for hydroxylation is 1. The lowest BCUT2D eigenvalue weighted by Crippen LogP contribution is -2.36. The third-order valence-corrected chi connectivity index (χ3v) is 4.64. The average Bonchev–Trinajstić information content (AvgIpc) is 3.21. The monoisotopic (exact) mass is 401 g/mol. The van der Waals surface area contributed by atoms with Gasteiger partial charge in [-0.2, -0.15) is 5.10 Å². The molecule has 0 aromatic carbocycles. The lowest BCUT2D eigenvalue weighted by molar-refractivity contribution is -0.142. The van der Waals surface area contributed by atoms with E-state index < -0.39 is 23.9 Å². The van der Waals surface area contributed by atoms with Gasteiger partial charge in [-0.25, -0.2) is 13.8 Å². The van der Waals surface area contributed by atoms with Crippen LogP contribution in [-0.4, -0.2) is 45.1 Å². The van der Waals surface area contributed by atoms with Crippen molar-refractivity contribution >= 4 is 28.8 Å². The van der Waals surface area contributed by atoms with E-state index in [1.165, 1.54) is 31.6 Å². The first-order chi connectivity index (χ1) is 12.7. The number of anilines is 1. The molecular weight excluding hydrogens is 380 g/mol. The van der Waals surface area contributed by atoms with E-state index in [0.717, 1.165) is 14.6 Å². The Morgan fingerprint density at radius 3 is 2.78 bits per heavy atom. The van der Waals surface area contributed by atoms with Crippen LogP contribution in [0.15, 0.2) is 11.6 Å². The summed E-state index contributed by atoms with van der Waals surface area (Å²) in [6.45, 7) is 4.43. The van der Waals surface area contributed by atoms with Crippen molar-refractivity contribution in [2.75, 3.05) is 19.0 Å². The highest BCUT2D eigenvalue weighted by Crippen LogP contribution is 2.25. The summed E-state index contributed by atoms with van der Waals surface area (Å²) < 4.78 is 32.4. The van der Waals surface area contributed by atoms with E-state index >= 15 is 0 Å². The number of alkyl halides is 2. The summed E-state index contributed by atoms with van der Waals surface area (Å²) in [5, 5.41) is 8.32. The highest BCUT2D eigenvalue weighted by molar-refractivity contribution is 7.09. The molecule has 0 saturated carbocycles. The van der Waals surface area contributed by atoms with Crippen LogP contribution in [0.2, 0.25) is 0 Å². The molecule has 1 unspecified atom stereocenters. The van der Waals surface area contributed by atoms with Gasteiger partial charge in [0.25, 0.3) is 6.43 Å². The Kier molecular flexibility index (Phi) is 6.97. The van der Waals surface area contributed by atoms with Crippen molar-refractivity contribution in [1.82, 2.24) is 19.7 Å². The van der Waals surface area contributed by atoms with Crippen molar-refractivity contribution in [3.8, 4) is 0 Å². The van der Waals surface area contributed by atoms with E-state index in [1.807, 2.05) is 13.8 Å². The van der Waals surface area contributed by atoms with E-state index in [4.69, 9.17) is 4.74 Å². The third kappa shape index (κ3) is 5.30. The topological polar surface area (TPSA) is 89.4 Å². The van der Waals surface area contributed by atoms with E-state index in [-0.39, 0.29) is 18.3 Å². The van der Waals surface area contributed by atoms with Crippen molar-refractivity contribution in [1.29, 1.82) is 0 Å². The van der Waals surface area contributed by atoms with Crippen LogP contribution in [0, 0.1) is 0 Å². The number of hydrogen-bond donors (Lipinski definition) is 1. The zero-order chi connectivity index (χ0) is 20.1. The van der Waals surface area contributed by atoms with Gasteiger partial charge in [0, 0.05) is 32.3 Å². The van der Waals surface area contributed by atoms with Crippen molar-refractivity contribution in [2.24, 2.45) is 7.05 Å². The molecule has 0 bridgehead atoms. The second-order valence-electron chi connectivity index (χ2n) is 5.79. The average molecular weight is 401 g/mol. The normalized spacial score (nSPS) is 12.3. The number of hydrogen-bond acceptors (Lipinski definition) is 6. The maximum Gasteiger partial charge on any atom is 0.314 e. The number of amides is 2. The Morgan fingerprint density at radius 2 is 2.15 bits per heavy atom. The predicted molar refractivity (Wildman–Crippen MR) is 95.4 cm³/mol. The van der Waals surface area contributed by atoms with Crippen LogP contribution in [0.4, 0.5) is 14.5 Å². The van der Waals surface area contributed by atoms with Crippen LogP contribution >= 0.6 is 11.3 Å². The number of nitrogens with zero attached hydrogens (tertiary/aromatic N) is 4. The Morgan fingerprint density at radius 1 is 1.44 bits per heavy atom. The molecule has 148 valence electrons. The molecule has 0 aliphatic rings. The van der Waals surface area contributed by atoms with Crippen molar-refractivity contribution in [3.05, 3.63) is 28.0 Å². The zero-order valence-electron chi connectivity index (χ0n) is 15.4. The number of aromatic nitrogens is 3. The Balaban J connectivity index is 1.99. The predicted octanol–water partition coefficient (Wildman–Crippen LogP) is 2.51. The number of nitrogens with one attached hydrogen (secondary N) is 1. The number of carbonyl (C=O) groups is 2. The number of carbonyl (C=O) groups excluding carboxylic acids is 2. The van der Waals surface area contributed by atoms with Crippen molar-refractivity contribution in [3.63, 3.8) is 0 Å². The first-order valence-corrected chi connectivity index (χ1v) is 9.04. The molecule has 0 fully saturated rings. The number of ether oxygens (including phenoxy) is 1. The minimum Gasteiger partial charge on any atom is -0.372 e. The lowest BCUT2D eigenvalue weighted by atomic mass is 10.3. The summed E-state index contributed by atoms with van der Waals surface area (Å²) in [4.78, 5) is 29.9. The van der Waals surface area contributed by atoms with Gasteiger partial charge in [-0.15, -0.1) is 11.3 Å². The van der Waals surface area contributed by atoms with Crippen molar-refractivity contribution in [2.45, 2.75) is 32.9 Å². The van der Waals surface area contributed by atoms with Gasteiger partial charge in [0.2, 0.25) is 0 Å². The highest BCUT2D eigenvalue weighted by Gasteiger charge is 2.24. The van der Waals surface area contributed by atoms with Crippen LogP contribution in [0.25, 0.3) is 0 Å². The quantitative estimate of drug-likeness (QED) is 0.720. The van der Waals surface area contributed by atoms with Gasteiger partial charge in [-0.05, 0) is 13.8 Å². The third-order valence-electron chi connectivity index (χ3n) is 3.59. The first-order valence-electron chi connectivity index (χ1n) is 8.16. The van der Waals surface area contributed by atoms with E-state index in [2.05, 4.69) is 15.4 Å². The molecule has 1 atom stereocenters. The molecule has 0 spiro atoms. The fourth-order valence-corrected chi connectivity index (χ4v) is 3.14. The number of rotatable bonds is 7. The van der Waals surface area contributed by atoms with Crippen LogP contribution < -0.4 is 5.32 Å². The molecule has 2 aromatic rings. The second kappa shape index (κ2) is 9.00. The second-order valence-corrected chi connectivity index (χ2v) is 6.68. The van der Waals surface area contributed by atoms with Crippen LogP contribution in [0.5, 0.6) is 0 Å². The van der Waals surface area contributed by atoms with Gasteiger partial charge in [0.05, 0.1) is 17.9 Å². The van der Waals surface area contributed by atoms with Gasteiger partial charge >= 0.3 is 11.8 Å². The summed E-state index contributed by atoms with van der Waals surface area (Å²) >= 11 is 1.40. The van der Waals surface area contributed by atoms with Gasteiger partial charge in [0.1, 0.15) is 11.1 Å². The number of likely N-dealkylation sites (N-methyl/N-ethyl adjacent to an activating group) is 1. The molecular formula is C16H21F2N5O3S. The van der Waals surface area contributed by atoms with E-state index in [9.17, 15) is 18.4 Å². The zero-order valence-corrected chi connectivity index (χ0v) is 16.2. The number of halogens is 2. The Labute approximate surface area is 159 Å². The summed E-state index contributed by atoms with van der Waals surface area (Å²) in [5.41, 5.74) is -0.170. The maximum absolute atomic E-state index is 12.9. The Hall–Kier alpha value is -2.40. The molecule has 0 radical (unpaired) electrons. The fraction of sp³-hybridized carbons (Fsp3) is 0.500. The standard InChI is InChI=1S/C16H21F2N5O3S/c1-5-26-9(2)15-19-10(8-27-15)6-22(3)16(25)14(24)20-11-7-23(4)21-12(11)13(17)18/h7-9,13H,5-6H2,1-4H3,(H,20,24). The smallest absolute Gasteiger partial charge is 0.314 e. The van der Waals surface area contributed by atoms with Gasteiger partial charge < -0.3 is 15.0 Å². The van der Waals surface area contributed by atoms with Gasteiger partial charge in [-0.3, -0.25) is 14.3 Å². The van der Waals surface area contributed by atoms with E-state index in [1.54, 1.807) is 5.38 Å². The summed E-state index contributed by atoms with van der Waals surface area (Å²) in [6.07, 6.45) is -1.80. The van der Waals surface area contributed by atoms with E-state index in [0.29, 0.717) is 12.3 Å². The minimum atomic E-state index is -2.87. The molecule has 1 N–H and O–H groups in total. The highest BCUT2D eigenvalue weighted by atomic mass is 32.1. The van der Waals surface area contributed by atoms with Crippen molar-refractivity contribution < 1.29 is 23.1 Å². The molecule has 2 amide bonds. The van der Waals surface area contributed by atoms with Gasteiger partial charge in [-0.1, -0.05) is 0 Å². The summed E-state index contributed by atoms with van der Waals surface area (Å²) in [5.74, 6) is -1.89. The van der Waals surface area contributed by atoms with Crippen LogP contribution in [0.1, 0.15) is 42.8 Å². The molecule has 2 heterocycles. The minimum absolute atomic E-state index is 0.107. The summed E-state index contributed by atoms with van der Waals surface area (Å²) in [7, 11) is 2.88. The molecule has 8 nitrogen and oxygen atoms in total. The molecule has 0 saturated heterocycles. The number of thiazole rings is 1. The fourth-order valence-electron chi connectivity index (χ4n) is 2.33. The van der Waals surface area contributed by atoms with Crippen LogP contribution in [-0.2, 0) is 27.9 Å². The molecule has 0 aliphatic heterocycles. The van der Waals surface area contributed by atoms with Gasteiger partial charge in [0.15, 0.2) is 5.69 Å². The molecule has 2 rings (SSSR count). The molecule has 27 heavy (non-hydrogen) atoms. The lowest BCUT2D eigenvalue weighted by Gasteiger charge is -2.15. The maximum atomic E-state index is 12.9. The largest absolute Gasteiger partial charge is 0.372 e. The Bertz CT molecular complexity index is 808. The molecule has 0 aliphatic carbocycles. The SMILES string of the molecule is CCOC(C)c1nc(CN(C)C(=O)C(=O)Nc2cn(C)nc2C(F)F)cs1. The molecule has 11 heteroatoms. The first kappa shape index (κ1) is 20.9. The molecule has 2 aromatic heterocycles. The van der Waals surface area contributed by atoms with Crippen LogP contribution in [0.3, 0.4) is 0 Å². The summed E-state index contributed by atoms with van der Waals surface area (Å²) in [6, 6.07) is 0.